The Bertz CT molecular complexity index is 947. The smallest absolute Gasteiger partial charge is 0.439 e. The molecule has 1 aromatic carbocycles. The molecule has 3 atom stereocenters. The zero-order valence-corrected chi connectivity index (χ0v) is 16.2. The Morgan fingerprint density at radius 1 is 1.34 bits per heavy atom. The highest BCUT2D eigenvalue weighted by Gasteiger charge is 2.68. The summed E-state index contributed by atoms with van der Waals surface area (Å²) in [5.74, 6) is -2.10. The lowest BCUT2D eigenvalue weighted by Crippen LogP contribution is -2.60. The van der Waals surface area contributed by atoms with Crippen LogP contribution < -0.4 is 5.01 Å². The van der Waals surface area contributed by atoms with Crippen molar-refractivity contribution in [2.45, 2.75) is 37.1 Å². The van der Waals surface area contributed by atoms with Crippen molar-refractivity contribution < 1.29 is 27.8 Å². The van der Waals surface area contributed by atoms with E-state index in [1.54, 1.807) is 0 Å². The summed E-state index contributed by atoms with van der Waals surface area (Å²) in [6.07, 6.45) is -3.87. The summed E-state index contributed by atoms with van der Waals surface area (Å²) >= 11 is 0.798. The Kier molecular flexibility index (Phi) is 4.86. The Balaban J connectivity index is 1.70. The maximum Gasteiger partial charge on any atom is 0.439 e. The molecule has 2 heterocycles. The number of hydrazone groups is 1. The molecular formula is C19H18F3N3O3S. The van der Waals surface area contributed by atoms with Crippen LogP contribution in [0.15, 0.2) is 40.8 Å². The lowest BCUT2D eigenvalue weighted by atomic mass is 9.73. The van der Waals surface area contributed by atoms with E-state index in [0.29, 0.717) is 23.6 Å². The quantitative estimate of drug-likeness (QED) is 0.754. The molecule has 1 saturated carbocycles. The molecule has 6 nitrogen and oxygen atoms in total. The Hall–Kier alpha value is -2.46. The summed E-state index contributed by atoms with van der Waals surface area (Å²) in [6.45, 7) is 0. The van der Waals surface area contributed by atoms with E-state index in [2.05, 4.69) is 14.8 Å². The van der Waals surface area contributed by atoms with Crippen molar-refractivity contribution in [2.24, 2.45) is 11.0 Å². The van der Waals surface area contributed by atoms with Gasteiger partial charge in [-0.15, -0.1) is 11.3 Å². The van der Waals surface area contributed by atoms with Crippen LogP contribution in [-0.4, -0.2) is 40.8 Å². The number of ether oxygens (including phenoxy) is 1. The van der Waals surface area contributed by atoms with Gasteiger partial charge in [-0.2, -0.15) is 23.3 Å². The van der Waals surface area contributed by atoms with Crippen LogP contribution in [0.5, 0.6) is 0 Å². The summed E-state index contributed by atoms with van der Waals surface area (Å²) in [5.41, 5.74) is -2.11. The van der Waals surface area contributed by atoms with Gasteiger partial charge in [0.05, 0.1) is 13.0 Å². The third-order valence-corrected chi connectivity index (χ3v) is 6.28. The highest BCUT2D eigenvalue weighted by Crippen LogP contribution is 2.52. The van der Waals surface area contributed by atoms with E-state index in [4.69, 9.17) is 0 Å². The maximum absolute atomic E-state index is 14.1. The molecule has 0 amide bonds. The third-order valence-electron chi connectivity index (χ3n) is 5.46. The van der Waals surface area contributed by atoms with E-state index in [1.165, 1.54) is 5.38 Å². The first-order valence-corrected chi connectivity index (χ1v) is 9.89. The number of carbonyl (C=O) groups excluding carboxylic acids is 1. The summed E-state index contributed by atoms with van der Waals surface area (Å²) < 4.78 is 47.0. The number of rotatable bonds is 3. The van der Waals surface area contributed by atoms with Gasteiger partial charge in [-0.05, 0) is 30.7 Å². The first-order valence-electron chi connectivity index (χ1n) is 9.01. The van der Waals surface area contributed by atoms with Crippen molar-refractivity contribution in [3.8, 4) is 0 Å². The van der Waals surface area contributed by atoms with E-state index in [0.717, 1.165) is 24.0 Å². The highest BCUT2D eigenvalue weighted by molar-refractivity contribution is 7.14. The molecule has 0 radical (unpaired) electrons. The van der Waals surface area contributed by atoms with E-state index in [-0.39, 0.29) is 23.2 Å². The molecule has 0 spiro atoms. The number of anilines is 1. The van der Waals surface area contributed by atoms with Crippen LogP contribution in [0.1, 0.15) is 41.2 Å². The van der Waals surface area contributed by atoms with E-state index in [1.807, 2.05) is 30.3 Å². The minimum Gasteiger partial charge on any atom is -0.464 e. The minimum absolute atomic E-state index is 0.115. The molecule has 1 N–H and O–H groups in total. The molecule has 154 valence electrons. The number of benzene rings is 1. The van der Waals surface area contributed by atoms with Crippen LogP contribution in [0.3, 0.4) is 0 Å². The zero-order valence-electron chi connectivity index (χ0n) is 15.4. The number of thiazole rings is 1. The van der Waals surface area contributed by atoms with Crippen LogP contribution in [0.25, 0.3) is 0 Å². The van der Waals surface area contributed by atoms with Crippen LogP contribution in [-0.2, 0) is 4.74 Å². The van der Waals surface area contributed by atoms with Crippen molar-refractivity contribution in [3.05, 3.63) is 47.0 Å². The lowest BCUT2D eigenvalue weighted by molar-refractivity contribution is -0.269. The van der Waals surface area contributed by atoms with Gasteiger partial charge in [0.1, 0.15) is 0 Å². The lowest BCUT2D eigenvalue weighted by Gasteiger charge is -2.39. The molecule has 1 aromatic heterocycles. The summed E-state index contributed by atoms with van der Waals surface area (Å²) in [4.78, 5) is 15.5. The predicted octanol–water partition coefficient (Wildman–Crippen LogP) is 3.94. The van der Waals surface area contributed by atoms with Gasteiger partial charge in [0.15, 0.2) is 5.69 Å². The van der Waals surface area contributed by atoms with Crippen molar-refractivity contribution in [3.63, 3.8) is 0 Å². The molecule has 10 heteroatoms. The SMILES string of the molecule is COC(=O)c1csc(N2N=C3CC[C@H](c4ccccc4)C[C@@H]3[C@]2(O)C(F)(F)F)n1. The van der Waals surface area contributed by atoms with Crippen molar-refractivity contribution in [2.75, 3.05) is 12.1 Å². The Morgan fingerprint density at radius 2 is 2.07 bits per heavy atom. The van der Waals surface area contributed by atoms with Crippen LogP contribution in [0.4, 0.5) is 18.3 Å². The maximum atomic E-state index is 14.1. The topological polar surface area (TPSA) is 75.0 Å². The van der Waals surface area contributed by atoms with Gasteiger partial charge in [0.2, 0.25) is 5.13 Å². The van der Waals surface area contributed by atoms with Crippen LogP contribution in [0, 0.1) is 5.92 Å². The van der Waals surface area contributed by atoms with Crippen molar-refractivity contribution in [1.29, 1.82) is 0 Å². The van der Waals surface area contributed by atoms with E-state index >= 15 is 0 Å². The number of methoxy groups -OCH3 is 1. The second-order valence-electron chi connectivity index (χ2n) is 7.07. The minimum atomic E-state index is -4.97. The molecule has 2 aliphatic rings. The Morgan fingerprint density at radius 3 is 2.72 bits per heavy atom. The van der Waals surface area contributed by atoms with Gasteiger partial charge in [0, 0.05) is 11.1 Å². The fourth-order valence-corrected chi connectivity index (χ4v) is 4.79. The molecule has 2 aromatic rings. The van der Waals surface area contributed by atoms with Crippen LogP contribution in [0.2, 0.25) is 0 Å². The monoisotopic (exact) mass is 425 g/mol. The highest BCUT2D eigenvalue weighted by atomic mass is 32.1. The van der Waals surface area contributed by atoms with Gasteiger partial charge in [-0.3, -0.25) is 0 Å². The Labute approximate surface area is 168 Å². The number of hydrogen-bond donors (Lipinski definition) is 1. The number of fused-ring (bicyclic) bond motifs is 1. The number of esters is 1. The molecule has 4 rings (SSSR count). The number of aromatic nitrogens is 1. The average Bonchev–Trinajstić information content (AvgIpc) is 3.31. The van der Waals surface area contributed by atoms with E-state index in [9.17, 15) is 23.1 Å². The fraction of sp³-hybridized carbons (Fsp3) is 0.421. The second-order valence-corrected chi connectivity index (χ2v) is 7.91. The fourth-order valence-electron chi connectivity index (χ4n) is 4.00. The molecule has 1 aliphatic heterocycles. The molecule has 0 unspecified atom stereocenters. The number of nitrogens with zero attached hydrogens (tertiary/aromatic N) is 3. The largest absolute Gasteiger partial charge is 0.464 e. The van der Waals surface area contributed by atoms with Crippen molar-refractivity contribution >= 4 is 28.1 Å². The molecule has 29 heavy (non-hydrogen) atoms. The molecule has 1 aliphatic carbocycles. The number of carbonyl (C=O) groups is 1. The molecule has 1 fully saturated rings. The number of aliphatic hydroxyl groups is 1. The first kappa shape index (κ1) is 19.8. The zero-order chi connectivity index (χ0) is 20.8. The van der Waals surface area contributed by atoms with Crippen molar-refractivity contribution in [1.82, 2.24) is 4.98 Å². The van der Waals surface area contributed by atoms with Gasteiger partial charge in [-0.1, -0.05) is 30.3 Å². The van der Waals surface area contributed by atoms with Crippen LogP contribution >= 0.6 is 11.3 Å². The normalized spacial score (nSPS) is 26.8. The predicted molar refractivity (Wildman–Crippen MR) is 101 cm³/mol. The number of hydrogen-bond acceptors (Lipinski definition) is 7. The third kappa shape index (κ3) is 3.20. The first-order chi connectivity index (χ1) is 13.8. The van der Waals surface area contributed by atoms with E-state index < -0.39 is 23.8 Å². The summed E-state index contributed by atoms with van der Waals surface area (Å²) in [5, 5.41) is 16.6. The van der Waals surface area contributed by atoms with Gasteiger partial charge >= 0.3 is 12.1 Å². The number of alkyl halides is 3. The standard InChI is InChI=1S/C19H18F3N3O3S/c1-28-16(26)15-10-29-17(23-15)25-18(27,19(20,21)22)13-9-12(7-8-14(13)24-25)11-5-3-2-4-6-11/h2-6,10,12-13,27H,7-9H2,1H3/t12-,13-,18-/m0/s1. The van der Waals surface area contributed by atoms with Gasteiger partial charge < -0.3 is 9.84 Å². The molecule has 0 saturated heterocycles. The summed E-state index contributed by atoms with van der Waals surface area (Å²) in [7, 11) is 1.15. The van der Waals surface area contributed by atoms with Gasteiger partial charge in [0.25, 0.3) is 5.72 Å². The molecular weight excluding hydrogens is 407 g/mol. The molecule has 0 bridgehead atoms. The van der Waals surface area contributed by atoms with Gasteiger partial charge in [-0.25, -0.2) is 9.78 Å². The number of halogens is 3. The second kappa shape index (κ2) is 7.10. The average molecular weight is 425 g/mol. The summed E-state index contributed by atoms with van der Waals surface area (Å²) in [6, 6.07) is 9.31.